The third-order valence-electron chi connectivity index (χ3n) is 1.52. The SMILES string of the molecule is CC(C)NC(=O)N=c1ccn(O)c(Br)c1. The normalized spacial score (nSPS) is 11.9. The molecule has 2 N–H and O–H groups in total. The first kappa shape index (κ1) is 11.8. The molecule has 0 aromatic carbocycles. The van der Waals surface area contributed by atoms with Crippen LogP contribution in [-0.2, 0) is 0 Å². The Morgan fingerprint density at radius 1 is 1.67 bits per heavy atom. The summed E-state index contributed by atoms with van der Waals surface area (Å²) in [6.45, 7) is 3.71. The van der Waals surface area contributed by atoms with Gasteiger partial charge in [-0.15, -0.1) is 0 Å². The zero-order valence-corrected chi connectivity index (χ0v) is 10.0. The van der Waals surface area contributed by atoms with Crippen LogP contribution < -0.4 is 10.7 Å². The summed E-state index contributed by atoms with van der Waals surface area (Å²) in [6.07, 6.45) is 1.39. The Morgan fingerprint density at radius 2 is 2.33 bits per heavy atom. The van der Waals surface area contributed by atoms with Crippen molar-refractivity contribution >= 4 is 22.0 Å². The van der Waals surface area contributed by atoms with Crippen LogP contribution in [0.2, 0.25) is 0 Å². The fourth-order valence-corrected chi connectivity index (χ4v) is 1.27. The van der Waals surface area contributed by atoms with Crippen LogP contribution in [-0.4, -0.2) is 22.0 Å². The molecule has 1 aromatic heterocycles. The number of carbonyl (C=O) groups is 1. The van der Waals surface area contributed by atoms with Crippen LogP contribution >= 0.6 is 15.9 Å². The van der Waals surface area contributed by atoms with Gasteiger partial charge in [0.25, 0.3) is 0 Å². The topological polar surface area (TPSA) is 66.6 Å². The smallest absolute Gasteiger partial charge is 0.341 e. The van der Waals surface area contributed by atoms with Crippen molar-refractivity contribution in [2.45, 2.75) is 19.9 Å². The number of nitrogens with one attached hydrogen (secondary N) is 1. The zero-order valence-electron chi connectivity index (χ0n) is 8.44. The van der Waals surface area contributed by atoms with Gasteiger partial charge in [0.05, 0.1) is 5.36 Å². The molecule has 0 aliphatic rings. The van der Waals surface area contributed by atoms with Gasteiger partial charge in [-0.3, -0.25) is 0 Å². The highest BCUT2D eigenvalue weighted by Gasteiger charge is 1.99. The van der Waals surface area contributed by atoms with Gasteiger partial charge < -0.3 is 10.5 Å². The van der Waals surface area contributed by atoms with Crippen LogP contribution in [0.15, 0.2) is 27.9 Å². The predicted octanol–water partition coefficient (Wildman–Crippen LogP) is 1.51. The highest BCUT2D eigenvalue weighted by Crippen LogP contribution is 2.02. The second kappa shape index (κ2) is 4.97. The summed E-state index contributed by atoms with van der Waals surface area (Å²) in [5.41, 5.74) is 0. The molecule has 0 fully saturated rings. The van der Waals surface area contributed by atoms with Gasteiger partial charge in [-0.25, -0.2) is 4.79 Å². The minimum absolute atomic E-state index is 0.0520. The fourth-order valence-electron chi connectivity index (χ4n) is 0.920. The number of nitrogens with zero attached hydrogens (tertiary/aromatic N) is 2. The molecule has 1 rings (SSSR count). The number of aromatic nitrogens is 1. The number of hydrogen-bond acceptors (Lipinski definition) is 2. The highest BCUT2D eigenvalue weighted by atomic mass is 79.9. The summed E-state index contributed by atoms with van der Waals surface area (Å²) in [7, 11) is 0. The first-order valence-corrected chi connectivity index (χ1v) is 5.21. The standard InChI is InChI=1S/C9H12BrN3O2/c1-6(2)11-9(14)12-7-3-4-13(15)8(10)5-7/h3-6,15H,1-2H3,(H,11,14). The molecular formula is C9H12BrN3O2. The maximum atomic E-state index is 11.3. The Labute approximate surface area is 95.5 Å². The van der Waals surface area contributed by atoms with Crippen LogP contribution in [0, 0.1) is 0 Å². The Hall–Kier alpha value is -1.30. The van der Waals surface area contributed by atoms with Crippen molar-refractivity contribution in [1.82, 2.24) is 10.0 Å². The van der Waals surface area contributed by atoms with E-state index in [1.807, 2.05) is 13.8 Å². The van der Waals surface area contributed by atoms with Gasteiger partial charge in [0.2, 0.25) is 0 Å². The fraction of sp³-hybridized carbons (Fsp3) is 0.333. The summed E-state index contributed by atoms with van der Waals surface area (Å²) in [4.78, 5) is 15.1. The van der Waals surface area contributed by atoms with Gasteiger partial charge in [0, 0.05) is 12.2 Å². The quantitative estimate of drug-likeness (QED) is 0.602. The maximum absolute atomic E-state index is 11.3. The Bertz CT molecular complexity index is 426. The van der Waals surface area contributed by atoms with E-state index in [4.69, 9.17) is 5.21 Å². The van der Waals surface area contributed by atoms with Gasteiger partial charge in [-0.1, -0.05) is 0 Å². The monoisotopic (exact) mass is 273 g/mol. The molecule has 82 valence electrons. The Balaban J connectivity index is 2.91. The second-order valence-electron chi connectivity index (χ2n) is 3.27. The van der Waals surface area contributed by atoms with Crippen LogP contribution in [0.3, 0.4) is 0 Å². The Kier molecular flexibility index (Phi) is 3.90. The minimum Gasteiger partial charge on any atom is -0.428 e. The number of halogens is 1. The molecule has 15 heavy (non-hydrogen) atoms. The van der Waals surface area contributed by atoms with Gasteiger partial charge >= 0.3 is 6.03 Å². The van der Waals surface area contributed by atoms with E-state index < -0.39 is 6.03 Å². The first-order valence-electron chi connectivity index (χ1n) is 4.41. The lowest BCUT2D eigenvalue weighted by molar-refractivity contribution is 0.177. The largest absolute Gasteiger partial charge is 0.428 e. The molecule has 0 bridgehead atoms. The van der Waals surface area contributed by atoms with Crippen LogP contribution in [0.1, 0.15) is 13.8 Å². The van der Waals surface area contributed by atoms with Crippen LogP contribution in [0.4, 0.5) is 4.79 Å². The van der Waals surface area contributed by atoms with E-state index in [2.05, 4.69) is 26.2 Å². The van der Waals surface area contributed by atoms with E-state index in [-0.39, 0.29) is 6.04 Å². The van der Waals surface area contributed by atoms with Crippen molar-refractivity contribution in [2.24, 2.45) is 4.99 Å². The van der Waals surface area contributed by atoms with Crippen molar-refractivity contribution in [3.63, 3.8) is 0 Å². The highest BCUT2D eigenvalue weighted by molar-refractivity contribution is 9.10. The lowest BCUT2D eigenvalue weighted by Crippen LogP contribution is -2.28. The van der Waals surface area contributed by atoms with E-state index in [0.717, 1.165) is 4.73 Å². The predicted molar refractivity (Wildman–Crippen MR) is 58.5 cm³/mol. The zero-order chi connectivity index (χ0) is 11.4. The summed E-state index contributed by atoms with van der Waals surface area (Å²) in [5.74, 6) is 0. The molecule has 0 saturated carbocycles. The molecule has 6 heteroatoms. The van der Waals surface area contributed by atoms with E-state index >= 15 is 0 Å². The molecule has 1 aromatic rings. The van der Waals surface area contributed by atoms with Crippen molar-refractivity contribution < 1.29 is 10.0 Å². The van der Waals surface area contributed by atoms with Gasteiger partial charge in [-0.2, -0.15) is 9.72 Å². The van der Waals surface area contributed by atoms with E-state index in [0.29, 0.717) is 9.96 Å². The molecule has 0 radical (unpaired) electrons. The molecule has 5 nitrogen and oxygen atoms in total. The van der Waals surface area contributed by atoms with E-state index in [1.54, 1.807) is 6.07 Å². The third kappa shape index (κ3) is 3.75. The minimum atomic E-state index is -0.396. The number of rotatable bonds is 1. The van der Waals surface area contributed by atoms with E-state index in [9.17, 15) is 4.79 Å². The van der Waals surface area contributed by atoms with Crippen molar-refractivity contribution in [3.8, 4) is 0 Å². The molecule has 1 heterocycles. The number of pyridine rings is 1. The van der Waals surface area contributed by atoms with E-state index in [1.165, 1.54) is 12.3 Å². The number of amides is 2. The van der Waals surface area contributed by atoms with Gasteiger partial charge in [-0.05, 0) is 41.9 Å². The lowest BCUT2D eigenvalue weighted by atomic mass is 10.4. The van der Waals surface area contributed by atoms with Gasteiger partial charge in [0.1, 0.15) is 4.60 Å². The summed E-state index contributed by atoms with van der Waals surface area (Å²) in [6, 6.07) is 2.73. The molecule has 2 amide bonds. The average molecular weight is 274 g/mol. The summed E-state index contributed by atoms with van der Waals surface area (Å²) in [5, 5.41) is 12.3. The van der Waals surface area contributed by atoms with Crippen molar-refractivity contribution in [2.75, 3.05) is 0 Å². The second-order valence-corrected chi connectivity index (χ2v) is 4.08. The molecule has 0 saturated heterocycles. The molecular weight excluding hydrogens is 262 g/mol. The van der Waals surface area contributed by atoms with Crippen LogP contribution in [0.25, 0.3) is 0 Å². The molecule has 0 spiro atoms. The molecule has 0 aliphatic heterocycles. The van der Waals surface area contributed by atoms with Crippen LogP contribution in [0.5, 0.6) is 0 Å². The number of hydrogen-bond donors (Lipinski definition) is 2. The third-order valence-corrected chi connectivity index (χ3v) is 2.11. The summed E-state index contributed by atoms with van der Waals surface area (Å²) >= 11 is 3.11. The molecule has 0 aliphatic carbocycles. The maximum Gasteiger partial charge on any atom is 0.341 e. The summed E-state index contributed by atoms with van der Waals surface area (Å²) < 4.78 is 1.32. The Morgan fingerprint density at radius 3 is 2.87 bits per heavy atom. The first-order chi connectivity index (χ1) is 6.99. The number of urea groups is 1. The number of carbonyl (C=O) groups excluding carboxylic acids is 1. The molecule has 0 atom stereocenters. The average Bonchev–Trinajstić information content (AvgIpc) is 2.10. The van der Waals surface area contributed by atoms with Crippen molar-refractivity contribution in [1.29, 1.82) is 0 Å². The lowest BCUT2D eigenvalue weighted by Gasteiger charge is -2.03. The van der Waals surface area contributed by atoms with Gasteiger partial charge in [0.15, 0.2) is 0 Å². The molecule has 0 unspecified atom stereocenters. The van der Waals surface area contributed by atoms with Crippen molar-refractivity contribution in [3.05, 3.63) is 28.3 Å².